The van der Waals surface area contributed by atoms with Crippen LogP contribution in [0.25, 0.3) is 0 Å². The molecule has 1 aliphatic rings. The van der Waals surface area contributed by atoms with Crippen molar-refractivity contribution in [3.63, 3.8) is 0 Å². The van der Waals surface area contributed by atoms with Gasteiger partial charge in [0.25, 0.3) is 0 Å². The first-order chi connectivity index (χ1) is 8.33. The summed E-state index contributed by atoms with van der Waals surface area (Å²) in [6, 6.07) is 1.24. The zero-order chi connectivity index (χ0) is 15.2. The molecule has 112 valence electrons. The lowest BCUT2D eigenvalue weighted by Crippen LogP contribution is -2.59. The molecule has 1 rings (SSSR count). The summed E-state index contributed by atoms with van der Waals surface area (Å²) in [6.45, 7) is 23.5. The number of hydrazone groups is 1. The highest BCUT2D eigenvalue weighted by Crippen LogP contribution is 2.48. The van der Waals surface area contributed by atoms with Crippen LogP contribution in [0.15, 0.2) is 5.10 Å². The summed E-state index contributed by atoms with van der Waals surface area (Å²) in [5.74, 6) is 0. The van der Waals surface area contributed by atoms with Crippen LogP contribution >= 0.6 is 0 Å². The van der Waals surface area contributed by atoms with Crippen molar-refractivity contribution in [1.29, 1.82) is 0 Å². The van der Waals surface area contributed by atoms with E-state index >= 15 is 0 Å². The zero-order valence-electron chi connectivity index (χ0n) is 14.8. The lowest BCUT2D eigenvalue weighted by atomic mass is 9.91. The maximum absolute atomic E-state index is 5.14. The molecule has 3 heteroatoms. The minimum Gasteiger partial charge on any atom is -0.318 e. The normalized spacial score (nSPS) is 20.4. The lowest BCUT2D eigenvalue weighted by Gasteiger charge is -2.48. The maximum Gasteiger partial charge on any atom is 0.189 e. The van der Waals surface area contributed by atoms with Crippen LogP contribution in [0.3, 0.4) is 0 Å². The first-order valence-corrected chi connectivity index (χ1v) is 10.0. The first-order valence-electron chi connectivity index (χ1n) is 7.71. The Kier molecular flexibility index (Phi) is 4.32. The second-order valence-electron chi connectivity index (χ2n) is 8.76. The molecule has 0 saturated carbocycles. The summed E-state index contributed by atoms with van der Waals surface area (Å²) in [4.78, 5) is 0. The third kappa shape index (κ3) is 2.91. The average Bonchev–Trinajstić information content (AvgIpc) is 2.56. The molecule has 0 N–H and O–H groups in total. The Hall–Kier alpha value is -0.313. The summed E-state index contributed by atoms with van der Waals surface area (Å²) >= 11 is 0. The highest BCUT2D eigenvalue weighted by Gasteiger charge is 2.54. The van der Waals surface area contributed by atoms with Gasteiger partial charge in [-0.05, 0) is 31.9 Å². The van der Waals surface area contributed by atoms with Gasteiger partial charge in [-0.25, -0.2) is 0 Å². The average molecular weight is 283 g/mol. The van der Waals surface area contributed by atoms with Gasteiger partial charge >= 0.3 is 0 Å². The van der Waals surface area contributed by atoms with Gasteiger partial charge in [0.2, 0.25) is 0 Å². The molecule has 1 aliphatic heterocycles. The Morgan fingerprint density at radius 3 is 1.58 bits per heavy atom. The molecule has 0 atom stereocenters. The van der Waals surface area contributed by atoms with Crippen molar-refractivity contribution in [2.45, 2.75) is 91.9 Å². The summed E-state index contributed by atoms with van der Waals surface area (Å²) in [7, 11) is -1.60. The Balaban J connectivity index is 3.35. The SMILES string of the molecule is CC(C)[Si]1(C(C)C)CC(C(C)(C)C)=NN1C(C)(C)C. The van der Waals surface area contributed by atoms with E-state index in [4.69, 9.17) is 5.10 Å². The fourth-order valence-electron chi connectivity index (χ4n) is 3.35. The third-order valence-corrected chi connectivity index (χ3v) is 11.0. The van der Waals surface area contributed by atoms with Crippen molar-refractivity contribution in [2.75, 3.05) is 0 Å². The zero-order valence-corrected chi connectivity index (χ0v) is 15.8. The molecule has 0 bridgehead atoms. The van der Waals surface area contributed by atoms with Crippen LogP contribution in [0.2, 0.25) is 17.1 Å². The molecule has 0 saturated heterocycles. The molecular formula is C16H34N2Si. The summed E-state index contributed by atoms with van der Waals surface area (Å²) in [5, 5.41) is 5.14. The van der Waals surface area contributed by atoms with E-state index in [1.807, 2.05) is 0 Å². The predicted molar refractivity (Wildman–Crippen MR) is 89.2 cm³/mol. The first kappa shape index (κ1) is 16.7. The van der Waals surface area contributed by atoms with Crippen molar-refractivity contribution in [2.24, 2.45) is 10.5 Å². The van der Waals surface area contributed by atoms with E-state index in [9.17, 15) is 0 Å². The Morgan fingerprint density at radius 2 is 1.37 bits per heavy atom. The molecule has 0 aromatic heterocycles. The molecule has 0 radical (unpaired) electrons. The molecule has 0 aromatic carbocycles. The molecule has 2 nitrogen and oxygen atoms in total. The monoisotopic (exact) mass is 282 g/mol. The number of nitrogens with zero attached hydrogens (tertiary/aromatic N) is 2. The van der Waals surface area contributed by atoms with Gasteiger partial charge < -0.3 is 4.67 Å². The Bertz CT molecular complexity index is 348. The van der Waals surface area contributed by atoms with E-state index in [0.29, 0.717) is 0 Å². The van der Waals surface area contributed by atoms with Crippen LogP contribution in [0.5, 0.6) is 0 Å². The minimum atomic E-state index is -1.60. The van der Waals surface area contributed by atoms with E-state index in [1.54, 1.807) is 0 Å². The second-order valence-corrected chi connectivity index (χ2v) is 13.8. The number of hydrogen-bond acceptors (Lipinski definition) is 2. The van der Waals surface area contributed by atoms with Crippen LogP contribution < -0.4 is 0 Å². The minimum absolute atomic E-state index is 0.133. The predicted octanol–water partition coefficient (Wildman–Crippen LogP) is 5.27. The lowest BCUT2D eigenvalue weighted by molar-refractivity contribution is 0.244. The molecule has 0 aliphatic carbocycles. The maximum atomic E-state index is 5.14. The van der Waals surface area contributed by atoms with E-state index in [-0.39, 0.29) is 11.0 Å². The molecule has 19 heavy (non-hydrogen) atoms. The van der Waals surface area contributed by atoms with Crippen molar-refractivity contribution in [3.05, 3.63) is 0 Å². The van der Waals surface area contributed by atoms with E-state index in [1.165, 1.54) is 11.8 Å². The second kappa shape index (κ2) is 4.91. The smallest absolute Gasteiger partial charge is 0.189 e. The van der Waals surface area contributed by atoms with E-state index in [2.05, 4.69) is 73.9 Å². The largest absolute Gasteiger partial charge is 0.318 e. The third-order valence-electron chi connectivity index (χ3n) is 4.57. The fraction of sp³-hybridized carbons (Fsp3) is 0.938. The van der Waals surface area contributed by atoms with Gasteiger partial charge in [-0.15, -0.1) is 0 Å². The highest BCUT2D eigenvalue weighted by molar-refractivity contribution is 6.83. The summed E-state index contributed by atoms with van der Waals surface area (Å²) < 4.78 is 2.55. The van der Waals surface area contributed by atoms with E-state index in [0.717, 1.165) is 11.1 Å². The van der Waals surface area contributed by atoms with Crippen LogP contribution in [0.1, 0.15) is 69.2 Å². The molecule has 0 amide bonds. The number of rotatable bonds is 2. The molecular weight excluding hydrogens is 248 g/mol. The van der Waals surface area contributed by atoms with Gasteiger partial charge in [0.05, 0.1) is 0 Å². The Morgan fingerprint density at radius 1 is 0.947 bits per heavy atom. The summed E-state index contributed by atoms with van der Waals surface area (Å²) in [5.41, 5.74) is 3.21. The van der Waals surface area contributed by atoms with Gasteiger partial charge in [-0.3, -0.25) is 0 Å². The molecule has 0 aromatic rings. The van der Waals surface area contributed by atoms with Gasteiger partial charge in [-0.2, -0.15) is 5.10 Å². The molecule has 0 fully saturated rings. The van der Waals surface area contributed by atoms with Crippen molar-refractivity contribution in [1.82, 2.24) is 4.67 Å². The Labute approximate surface area is 121 Å². The molecule has 0 unspecified atom stereocenters. The van der Waals surface area contributed by atoms with Crippen LogP contribution in [0, 0.1) is 5.41 Å². The van der Waals surface area contributed by atoms with Crippen molar-refractivity contribution in [3.8, 4) is 0 Å². The van der Waals surface area contributed by atoms with Crippen LogP contribution in [-0.2, 0) is 0 Å². The standard InChI is InChI=1S/C16H34N2Si/c1-12(2)19(13(3)4)11-14(15(5,6)7)17-18(19)16(8,9)10/h12-13H,11H2,1-10H3. The van der Waals surface area contributed by atoms with Gasteiger partial charge in [0.15, 0.2) is 8.24 Å². The van der Waals surface area contributed by atoms with E-state index < -0.39 is 8.24 Å². The van der Waals surface area contributed by atoms with Gasteiger partial charge in [-0.1, -0.05) is 48.5 Å². The quantitative estimate of drug-likeness (QED) is 0.630. The molecule has 1 heterocycles. The van der Waals surface area contributed by atoms with Crippen LogP contribution in [-0.4, -0.2) is 24.2 Å². The molecule has 0 spiro atoms. The summed E-state index contributed by atoms with van der Waals surface area (Å²) in [6.07, 6.45) is 0. The highest BCUT2D eigenvalue weighted by atomic mass is 28.3. The fourth-order valence-corrected chi connectivity index (χ4v) is 9.32. The number of hydrogen-bond donors (Lipinski definition) is 0. The van der Waals surface area contributed by atoms with Crippen LogP contribution in [0.4, 0.5) is 0 Å². The van der Waals surface area contributed by atoms with Gasteiger partial charge in [0, 0.05) is 22.7 Å². The van der Waals surface area contributed by atoms with Crippen molar-refractivity contribution < 1.29 is 0 Å². The topological polar surface area (TPSA) is 15.6 Å². The van der Waals surface area contributed by atoms with Crippen molar-refractivity contribution >= 4 is 13.9 Å². The van der Waals surface area contributed by atoms with Gasteiger partial charge in [0.1, 0.15) is 0 Å².